The fraction of sp³-hybridized carbons (Fsp3) is 0.625. The minimum atomic E-state index is 0.635. The normalized spacial score (nSPS) is 10.8. The third-order valence-electron chi connectivity index (χ3n) is 2.81. The first-order valence-electron chi connectivity index (χ1n) is 7.04. The summed E-state index contributed by atoms with van der Waals surface area (Å²) in [5.74, 6) is 1.74. The molecule has 1 aromatic carbocycles. The summed E-state index contributed by atoms with van der Waals surface area (Å²) in [4.78, 5) is 0. The highest BCUT2D eigenvalue weighted by Crippen LogP contribution is 2.09. The smallest absolute Gasteiger partial charge is 0.119 e. The lowest BCUT2D eigenvalue weighted by Crippen LogP contribution is -2.07. The van der Waals surface area contributed by atoms with Crippen molar-refractivity contribution in [3.05, 3.63) is 30.3 Å². The molecule has 0 N–H and O–H groups in total. The average molecular weight is 250 g/mol. The van der Waals surface area contributed by atoms with E-state index >= 15 is 0 Å². The second-order valence-corrected chi connectivity index (χ2v) is 5.02. The molecule has 0 fully saturated rings. The first-order valence-corrected chi connectivity index (χ1v) is 7.04. The number of unbranched alkanes of at least 4 members (excludes halogenated alkanes) is 2. The van der Waals surface area contributed by atoms with Crippen LogP contribution in [0.1, 0.15) is 39.5 Å². The van der Waals surface area contributed by atoms with Crippen molar-refractivity contribution in [2.45, 2.75) is 39.5 Å². The summed E-state index contributed by atoms with van der Waals surface area (Å²) >= 11 is 0. The van der Waals surface area contributed by atoms with Crippen LogP contribution in [-0.2, 0) is 4.74 Å². The van der Waals surface area contributed by atoms with Gasteiger partial charge in [0.15, 0.2) is 0 Å². The first kappa shape index (κ1) is 15.0. The molecule has 102 valence electrons. The third-order valence-corrected chi connectivity index (χ3v) is 2.81. The molecule has 0 amide bonds. The van der Waals surface area contributed by atoms with Crippen LogP contribution in [0.25, 0.3) is 0 Å². The number of hydrogen-bond donors (Lipinski definition) is 0. The number of rotatable bonds is 10. The van der Waals surface area contributed by atoms with Crippen molar-refractivity contribution in [1.29, 1.82) is 0 Å². The molecule has 0 spiro atoms. The van der Waals surface area contributed by atoms with E-state index < -0.39 is 0 Å². The Balaban J connectivity index is 1.84. The molecule has 2 heteroatoms. The Morgan fingerprint density at radius 3 is 2.39 bits per heavy atom. The van der Waals surface area contributed by atoms with Gasteiger partial charge in [0.05, 0.1) is 6.61 Å². The van der Waals surface area contributed by atoms with Gasteiger partial charge in [-0.15, -0.1) is 0 Å². The van der Waals surface area contributed by atoms with E-state index in [1.807, 2.05) is 30.3 Å². The zero-order valence-corrected chi connectivity index (χ0v) is 11.7. The summed E-state index contributed by atoms with van der Waals surface area (Å²) in [6, 6.07) is 9.87. The summed E-state index contributed by atoms with van der Waals surface area (Å²) in [5, 5.41) is 0. The van der Waals surface area contributed by atoms with Crippen LogP contribution >= 0.6 is 0 Å². The summed E-state index contributed by atoms with van der Waals surface area (Å²) in [5.41, 5.74) is 0. The van der Waals surface area contributed by atoms with Crippen LogP contribution in [0, 0.1) is 5.92 Å². The molecule has 2 nitrogen and oxygen atoms in total. The minimum absolute atomic E-state index is 0.635. The Kier molecular flexibility index (Phi) is 8.32. The van der Waals surface area contributed by atoms with Gasteiger partial charge in [0.25, 0.3) is 0 Å². The lowest BCUT2D eigenvalue weighted by Gasteiger charge is -2.07. The Labute approximate surface area is 111 Å². The van der Waals surface area contributed by atoms with E-state index in [1.165, 1.54) is 19.3 Å². The van der Waals surface area contributed by atoms with Gasteiger partial charge in [0.1, 0.15) is 12.4 Å². The van der Waals surface area contributed by atoms with Crippen LogP contribution in [0.5, 0.6) is 5.75 Å². The van der Waals surface area contributed by atoms with Crippen LogP contribution in [-0.4, -0.2) is 19.8 Å². The molecule has 1 aromatic rings. The Bertz CT molecular complexity index is 282. The Morgan fingerprint density at radius 1 is 0.889 bits per heavy atom. The summed E-state index contributed by atoms with van der Waals surface area (Å²) in [7, 11) is 0. The lowest BCUT2D eigenvalue weighted by atomic mass is 10.1. The molecule has 0 heterocycles. The summed E-state index contributed by atoms with van der Waals surface area (Å²) in [6.45, 7) is 6.72. The molecule has 0 bridgehead atoms. The van der Waals surface area contributed by atoms with Gasteiger partial charge in [-0.3, -0.25) is 0 Å². The fourth-order valence-electron chi connectivity index (χ4n) is 1.77. The second kappa shape index (κ2) is 9.95. The van der Waals surface area contributed by atoms with Gasteiger partial charge in [-0.05, 0) is 24.5 Å². The topological polar surface area (TPSA) is 18.5 Å². The van der Waals surface area contributed by atoms with Crippen molar-refractivity contribution in [1.82, 2.24) is 0 Å². The fourth-order valence-corrected chi connectivity index (χ4v) is 1.77. The average Bonchev–Trinajstić information content (AvgIpc) is 2.37. The molecule has 0 aliphatic heterocycles. The highest BCUT2D eigenvalue weighted by Gasteiger charge is 1.95. The molecular formula is C16H26O2. The van der Waals surface area contributed by atoms with E-state index in [0.29, 0.717) is 13.2 Å². The van der Waals surface area contributed by atoms with E-state index in [2.05, 4.69) is 13.8 Å². The van der Waals surface area contributed by atoms with E-state index in [9.17, 15) is 0 Å². The van der Waals surface area contributed by atoms with Gasteiger partial charge in [0, 0.05) is 6.61 Å². The van der Waals surface area contributed by atoms with Crippen molar-refractivity contribution in [2.75, 3.05) is 19.8 Å². The second-order valence-electron chi connectivity index (χ2n) is 5.02. The van der Waals surface area contributed by atoms with Gasteiger partial charge < -0.3 is 9.47 Å². The predicted molar refractivity (Wildman–Crippen MR) is 76.1 cm³/mol. The molecule has 1 rings (SSSR count). The SMILES string of the molecule is CC(C)CCCCCOCCOc1ccccc1. The molecule has 0 saturated heterocycles. The number of ether oxygens (including phenoxy) is 2. The zero-order chi connectivity index (χ0) is 13.1. The van der Waals surface area contributed by atoms with Crippen LogP contribution < -0.4 is 4.74 Å². The minimum Gasteiger partial charge on any atom is -0.491 e. The maximum Gasteiger partial charge on any atom is 0.119 e. The molecule has 0 radical (unpaired) electrons. The van der Waals surface area contributed by atoms with Crippen LogP contribution in [0.2, 0.25) is 0 Å². The Hall–Kier alpha value is -1.02. The number of para-hydroxylation sites is 1. The first-order chi connectivity index (χ1) is 8.79. The van der Waals surface area contributed by atoms with Crippen LogP contribution in [0.15, 0.2) is 30.3 Å². The van der Waals surface area contributed by atoms with E-state index in [0.717, 1.165) is 24.7 Å². The monoisotopic (exact) mass is 250 g/mol. The molecule has 18 heavy (non-hydrogen) atoms. The van der Waals surface area contributed by atoms with Crippen molar-refractivity contribution in [2.24, 2.45) is 5.92 Å². The van der Waals surface area contributed by atoms with Crippen LogP contribution in [0.4, 0.5) is 0 Å². The lowest BCUT2D eigenvalue weighted by molar-refractivity contribution is 0.0969. The maximum absolute atomic E-state index is 5.54. The standard InChI is InChI=1S/C16H26O2/c1-15(2)9-5-4-8-12-17-13-14-18-16-10-6-3-7-11-16/h3,6-7,10-11,15H,4-5,8-9,12-14H2,1-2H3. The largest absolute Gasteiger partial charge is 0.491 e. The van der Waals surface area contributed by atoms with E-state index in [1.54, 1.807) is 0 Å². The Morgan fingerprint density at radius 2 is 1.67 bits per heavy atom. The van der Waals surface area contributed by atoms with Crippen molar-refractivity contribution >= 4 is 0 Å². The van der Waals surface area contributed by atoms with Gasteiger partial charge in [-0.25, -0.2) is 0 Å². The maximum atomic E-state index is 5.54. The molecule has 0 aliphatic carbocycles. The number of benzene rings is 1. The van der Waals surface area contributed by atoms with E-state index in [-0.39, 0.29) is 0 Å². The van der Waals surface area contributed by atoms with Gasteiger partial charge in [-0.1, -0.05) is 51.3 Å². The van der Waals surface area contributed by atoms with Crippen molar-refractivity contribution in [3.63, 3.8) is 0 Å². The zero-order valence-electron chi connectivity index (χ0n) is 11.7. The van der Waals surface area contributed by atoms with Crippen molar-refractivity contribution in [3.8, 4) is 5.75 Å². The van der Waals surface area contributed by atoms with Gasteiger partial charge in [0.2, 0.25) is 0 Å². The highest BCUT2D eigenvalue weighted by atomic mass is 16.5. The van der Waals surface area contributed by atoms with Crippen molar-refractivity contribution < 1.29 is 9.47 Å². The third kappa shape index (κ3) is 8.13. The van der Waals surface area contributed by atoms with E-state index in [4.69, 9.17) is 9.47 Å². The van der Waals surface area contributed by atoms with Crippen LogP contribution in [0.3, 0.4) is 0 Å². The summed E-state index contributed by atoms with van der Waals surface area (Å²) < 4.78 is 11.1. The molecule has 0 aromatic heterocycles. The molecule has 0 aliphatic rings. The number of hydrogen-bond acceptors (Lipinski definition) is 2. The van der Waals surface area contributed by atoms with Gasteiger partial charge >= 0.3 is 0 Å². The molecule has 0 saturated carbocycles. The summed E-state index contributed by atoms with van der Waals surface area (Å²) in [6.07, 6.45) is 5.09. The quantitative estimate of drug-likeness (QED) is 0.576. The highest BCUT2D eigenvalue weighted by molar-refractivity contribution is 5.20. The molecule has 0 unspecified atom stereocenters. The molecule has 0 atom stereocenters. The molecular weight excluding hydrogens is 224 g/mol. The van der Waals surface area contributed by atoms with Gasteiger partial charge in [-0.2, -0.15) is 0 Å². The predicted octanol–water partition coefficient (Wildman–Crippen LogP) is 4.30.